The second-order valence-electron chi connectivity index (χ2n) is 4.73. The lowest BCUT2D eigenvalue weighted by Gasteiger charge is -2.01. The summed E-state index contributed by atoms with van der Waals surface area (Å²) in [6, 6.07) is 14.0. The molecule has 0 atom stereocenters. The first-order valence-corrected chi connectivity index (χ1v) is 7.42. The van der Waals surface area contributed by atoms with E-state index in [1.807, 2.05) is 12.1 Å². The third-order valence-corrected chi connectivity index (χ3v) is 3.42. The van der Waals surface area contributed by atoms with Gasteiger partial charge in [-0.1, -0.05) is 16.8 Å². The van der Waals surface area contributed by atoms with Gasteiger partial charge in [-0.15, -0.1) is 0 Å². The molecule has 0 fully saturated rings. The van der Waals surface area contributed by atoms with Crippen LogP contribution in [0.4, 0.5) is 0 Å². The first-order valence-electron chi connectivity index (χ1n) is 7.04. The maximum Gasteiger partial charge on any atom is 0.338 e. The molecule has 23 heavy (non-hydrogen) atoms. The molecule has 116 valence electrons. The molecule has 0 aliphatic heterocycles. The van der Waals surface area contributed by atoms with Crippen molar-refractivity contribution in [3.63, 3.8) is 0 Å². The second kappa shape index (κ2) is 6.62. The van der Waals surface area contributed by atoms with Crippen LogP contribution < -0.4 is 0 Å². The molecule has 1 heterocycles. The summed E-state index contributed by atoms with van der Waals surface area (Å²) < 4.78 is 10.2. The molecular weight excluding hydrogens is 316 g/mol. The molecule has 3 rings (SSSR count). The zero-order chi connectivity index (χ0) is 16.2. The van der Waals surface area contributed by atoms with Gasteiger partial charge in [-0.25, -0.2) is 4.79 Å². The maximum absolute atomic E-state index is 11.6. The van der Waals surface area contributed by atoms with E-state index in [1.165, 1.54) is 0 Å². The molecule has 0 bridgehead atoms. The van der Waals surface area contributed by atoms with E-state index in [1.54, 1.807) is 43.3 Å². The highest BCUT2D eigenvalue weighted by atomic mass is 35.5. The smallest absolute Gasteiger partial charge is 0.338 e. The average Bonchev–Trinajstić information content (AvgIpc) is 3.06. The third kappa shape index (κ3) is 3.40. The highest BCUT2D eigenvalue weighted by Gasteiger charge is 2.12. The number of halogens is 1. The van der Waals surface area contributed by atoms with Gasteiger partial charge in [-0.05, 0) is 55.5 Å². The standard InChI is InChI=1S/C17H13ClN2O3/c1-2-22-17(21)13-5-3-12(4-6-13)16-19-15(20-23-16)11-7-9-14(18)10-8-11/h3-10H,2H2,1H3. The van der Waals surface area contributed by atoms with Crippen LogP contribution in [0.2, 0.25) is 5.02 Å². The molecule has 0 spiro atoms. The van der Waals surface area contributed by atoms with E-state index >= 15 is 0 Å². The van der Waals surface area contributed by atoms with Gasteiger partial charge in [-0.2, -0.15) is 4.98 Å². The van der Waals surface area contributed by atoms with Crippen molar-refractivity contribution in [3.05, 3.63) is 59.1 Å². The minimum Gasteiger partial charge on any atom is -0.462 e. The van der Waals surface area contributed by atoms with Crippen molar-refractivity contribution in [2.45, 2.75) is 6.92 Å². The van der Waals surface area contributed by atoms with Gasteiger partial charge in [0, 0.05) is 16.1 Å². The van der Waals surface area contributed by atoms with Gasteiger partial charge in [0.2, 0.25) is 5.82 Å². The lowest BCUT2D eigenvalue weighted by atomic mass is 10.1. The van der Waals surface area contributed by atoms with Crippen molar-refractivity contribution in [1.29, 1.82) is 0 Å². The van der Waals surface area contributed by atoms with Gasteiger partial charge in [0.05, 0.1) is 12.2 Å². The predicted octanol–water partition coefficient (Wildman–Crippen LogP) is 4.23. The van der Waals surface area contributed by atoms with E-state index in [0.717, 1.165) is 11.1 Å². The van der Waals surface area contributed by atoms with E-state index in [9.17, 15) is 4.79 Å². The second-order valence-corrected chi connectivity index (χ2v) is 5.16. The molecule has 0 saturated heterocycles. The zero-order valence-electron chi connectivity index (χ0n) is 12.3. The topological polar surface area (TPSA) is 65.2 Å². The fourth-order valence-corrected chi connectivity index (χ4v) is 2.15. The number of nitrogens with zero attached hydrogens (tertiary/aromatic N) is 2. The molecule has 0 aliphatic carbocycles. The van der Waals surface area contributed by atoms with E-state index < -0.39 is 0 Å². The van der Waals surface area contributed by atoms with Crippen LogP contribution in [0.1, 0.15) is 17.3 Å². The highest BCUT2D eigenvalue weighted by molar-refractivity contribution is 6.30. The predicted molar refractivity (Wildman–Crippen MR) is 86.1 cm³/mol. The molecule has 6 heteroatoms. The fraction of sp³-hybridized carbons (Fsp3) is 0.118. The molecule has 0 saturated carbocycles. The Hall–Kier alpha value is -2.66. The number of carbonyl (C=O) groups is 1. The Kier molecular flexibility index (Phi) is 4.39. The number of rotatable bonds is 4. The molecule has 0 radical (unpaired) electrons. The van der Waals surface area contributed by atoms with Gasteiger partial charge in [-0.3, -0.25) is 0 Å². The van der Waals surface area contributed by atoms with Crippen LogP contribution >= 0.6 is 11.6 Å². The number of benzene rings is 2. The summed E-state index contributed by atoms with van der Waals surface area (Å²) in [4.78, 5) is 16.0. The quantitative estimate of drug-likeness (QED) is 0.670. The molecule has 0 aliphatic rings. The summed E-state index contributed by atoms with van der Waals surface area (Å²) >= 11 is 5.86. The summed E-state index contributed by atoms with van der Waals surface area (Å²) in [5.41, 5.74) is 2.02. The van der Waals surface area contributed by atoms with E-state index in [4.69, 9.17) is 20.9 Å². The highest BCUT2D eigenvalue weighted by Crippen LogP contribution is 2.23. The summed E-state index contributed by atoms with van der Waals surface area (Å²) in [7, 11) is 0. The molecule has 1 aromatic heterocycles. The monoisotopic (exact) mass is 328 g/mol. The van der Waals surface area contributed by atoms with Crippen molar-refractivity contribution in [1.82, 2.24) is 10.1 Å². The van der Waals surface area contributed by atoms with Crippen LogP contribution in [0.3, 0.4) is 0 Å². The summed E-state index contributed by atoms with van der Waals surface area (Å²) in [5, 5.41) is 4.60. The number of hydrogen-bond donors (Lipinski definition) is 0. The number of esters is 1. The van der Waals surface area contributed by atoms with Gasteiger partial charge >= 0.3 is 5.97 Å². The van der Waals surface area contributed by atoms with Crippen molar-refractivity contribution in [2.75, 3.05) is 6.61 Å². The molecule has 5 nitrogen and oxygen atoms in total. The van der Waals surface area contributed by atoms with Crippen LogP contribution in [0.5, 0.6) is 0 Å². The Labute approximate surface area is 137 Å². The molecule has 0 amide bonds. The number of hydrogen-bond acceptors (Lipinski definition) is 5. The Bertz CT molecular complexity index is 811. The number of aromatic nitrogens is 2. The summed E-state index contributed by atoms with van der Waals surface area (Å²) in [5.74, 6) is 0.503. The van der Waals surface area contributed by atoms with E-state index in [0.29, 0.717) is 28.9 Å². The third-order valence-electron chi connectivity index (χ3n) is 3.17. The molecule has 3 aromatic rings. The SMILES string of the molecule is CCOC(=O)c1ccc(-c2nc(-c3ccc(Cl)cc3)no2)cc1. The number of carbonyl (C=O) groups excluding carboxylic acids is 1. The first-order chi connectivity index (χ1) is 11.2. The van der Waals surface area contributed by atoms with E-state index in [-0.39, 0.29) is 5.97 Å². The average molecular weight is 329 g/mol. The minimum atomic E-state index is -0.355. The summed E-state index contributed by atoms with van der Waals surface area (Å²) in [6.45, 7) is 2.11. The van der Waals surface area contributed by atoms with Gasteiger partial charge in [0.25, 0.3) is 5.89 Å². The van der Waals surface area contributed by atoms with Crippen LogP contribution in [-0.4, -0.2) is 22.7 Å². The van der Waals surface area contributed by atoms with E-state index in [2.05, 4.69) is 10.1 Å². The Morgan fingerprint density at radius 3 is 2.39 bits per heavy atom. The van der Waals surface area contributed by atoms with Crippen LogP contribution in [0.15, 0.2) is 53.1 Å². The molecule has 0 N–H and O–H groups in total. The van der Waals surface area contributed by atoms with Crippen molar-refractivity contribution in [3.8, 4) is 22.8 Å². The lowest BCUT2D eigenvalue weighted by molar-refractivity contribution is 0.0526. The first kappa shape index (κ1) is 15.2. The van der Waals surface area contributed by atoms with Gasteiger partial charge in [0.1, 0.15) is 0 Å². The molecule has 0 unspecified atom stereocenters. The Morgan fingerprint density at radius 2 is 1.74 bits per heavy atom. The lowest BCUT2D eigenvalue weighted by Crippen LogP contribution is -2.03. The fourth-order valence-electron chi connectivity index (χ4n) is 2.02. The van der Waals surface area contributed by atoms with Crippen LogP contribution in [-0.2, 0) is 4.74 Å². The molecular formula is C17H13ClN2O3. The van der Waals surface area contributed by atoms with Crippen molar-refractivity contribution in [2.24, 2.45) is 0 Å². The molecule has 2 aromatic carbocycles. The van der Waals surface area contributed by atoms with Crippen molar-refractivity contribution >= 4 is 17.6 Å². The largest absolute Gasteiger partial charge is 0.462 e. The normalized spacial score (nSPS) is 10.5. The van der Waals surface area contributed by atoms with Crippen LogP contribution in [0.25, 0.3) is 22.8 Å². The van der Waals surface area contributed by atoms with Crippen LogP contribution in [0, 0.1) is 0 Å². The van der Waals surface area contributed by atoms with Gasteiger partial charge < -0.3 is 9.26 Å². The number of ether oxygens (including phenoxy) is 1. The summed E-state index contributed by atoms with van der Waals surface area (Å²) in [6.07, 6.45) is 0. The van der Waals surface area contributed by atoms with Crippen molar-refractivity contribution < 1.29 is 14.1 Å². The van der Waals surface area contributed by atoms with Gasteiger partial charge in [0.15, 0.2) is 0 Å². The minimum absolute atomic E-state index is 0.342. The Morgan fingerprint density at radius 1 is 1.09 bits per heavy atom. The Balaban J connectivity index is 1.83. The zero-order valence-corrected chi connectivity index (χ0v) is 13.1. The maximum atomic E-state index is 11.6.